The molecule has 2 aromatic carbocycles. The topological polar surface area (TPSA) is 114 Å². The summed E-state index contributed by atoms with van der Waals surface area (Å²) in [6.45, 7) is 2.70. The maximum atomic E-state index is 13.5. The Labute approximate surface area is 224 Å². The van der Waals surface area contributed by atoms with Crippen molar-refractivity contribution in [2.75, 3.05) is 18.1 Å². The highest BCUT2D eigenvalue weighted by molar-refractivity contribution is 6.21. The number of carbonyl (C=O) groups is 3. The number of alkyl halides is 3. The van der Waals surface area contributed by atoms with Crippen LogP contribution in [0, 0.1) is 11.8 Å². The lowest BCUT2D eigenvalue weighted by atomic mass is 9.97. The largest absolute Gasteiger partial charge is 0.490 e. The third kappa shape index (κ3) is 7.36. The van der Waals surface area contributed by atoms with Crippen molar-refractivity contribution in [1.29, 1.82) is 0 Å². The van der Waals surface area contributed by atoms with E-state index in [4.69, 9.17) is 10.5 Å². The molecule has 2 unspecified atom stereocenters. The van der Waals surface area contributed by atoms with Crippen LogP contribution in [-0.4, -0.2) is 48.9 Å². The molecule has 0 saturated heterocycles. The number of nitrogens with zero attached hydrogens (tertiary/aromatic N) is 2. The monoisotopic (exact) mass is 544 g/mol. The second kappa shape index (κ2) is 11.9. The molecule has 1 aliphatic carbocycles. The van der Waals surface area contributed by atoms with E-state index in [0.717, 1.165) is 5.92 Å². The van der Waals surface area contributed by atoms with E-state index < -0.39 is 55.2 Å². The number of rotatable bonds is 7. The van der Waals surface area contributed by atoms with Crippen molar-refractivity contribution in [3.63, 3.8) is 0 Å². The molecule has 0 bridgehead atoms. The zero-order chi connectivity index (χ0) is 28.2. The van der Waals surface area contributed by atoms with Crippen molar-refractivity contribution < 1.29 is 32.3 Å². The molecule has 2 heterocycles. The Balaban J connectivity index is 0.000000808. The number of ether oxygens (including phenoxy) is 1. The lowest BCUT2D eigenvalue weighted by molar-refractivity contribution is -0.143. The smallest absolute Gasteiger partial charge is 0.389 e. The minimum atomic E-state index is -4.52. The van der Waals surface area contributed by atoms with Gasteiger partial charge in [-0.25, -0.2) is 4.99 Å². The van der Waals surface area contributed by atoms with Crippen LogP contribution in [0.25, 0.3) is 0 Å². The molecule has 0 aromatic heterocycles. The molecular weight excluding hydrogens is 513 g/mol. The highest BCUT2D eigenvalue weighted by Crippen LogP contribution is 2.38. The van der Waals surface area contributed by atoms with Gasteiger partial charge in [-0.15, -0.1) is 0 Å². The Morgan fingerprint density at radius 1 is 1.15 bits per heavy atom. The average Bonchev–Trinajstić information content (AvgIpc) is 3.70. The van der Waals surface area contributed by atoms with E-state index in [9.17, 15) is 27.6 Å². The molecule has 208 valence electrons. The van der Waals surface area contributed by atoms with Gasteiger partial charge in [-0.05, 0) is 18.4 Å². The SMILES string of the molecule is CC1CC1.NC(=O)CC(CCC(F)(F)F)C(=O)NC1N=C(c2ccccc2)c2cccc3c2N(CCO3)C1=O. The predicted molar refractivity (Wildman–Crippen MR) is 139 cm³/mol. The van der Waals surface area contributed by atoms with E-state index in [2.05, 4.69) is 17.2 Å². The van der Waals surface area contributed by atoms with Gasteiger partial charge in [0.1, 0.15) is 12.4 Å². The van der Waals surface area contributed by atoms with Gasteiger partial charge in [0.05, 0.1) is 17.9 Å². The van der Waals surface area contributed by atoms with E-state index in [-0.39, 0.29) is 13.2 Å². The number of nitrogens with two attached hydrogens (primary N) is 1. The van der Waals surface area contributed by atoms with Crippen LogP contribution in [0.2, 0.25) is 0 Å². The number of anilines is 1. The molecule has 39 heavy (non-hydrogen) atoms. The summed E-state index contributed by atoms with van der Waals surface area (Å²) in [5.74, 6) is -2.17. The van der Waals surface area contributed by atoms with Gasteiger partial charge in [0.25, 0.3) is 5.91 Å². The van der Waals surface area contributed by atoms with Crippen LogP contribution in [-0.2, 0) is 14.4 Å². The van der Waals surface area contributed by atoms with Crippen molar-refractivity contribution in [3.05, 3.63) is 59.7 Å². The van der Waals surface area contributed by atoms with Gasteiger partial charge < -0.3 is 20.7 Å². The molecule has 5 rings (SSSR count). The number of nitrogens with one attached hydrogen (secondary N) is 1. The highest BCUT2D eigenvalue weighted by atomic mass is 19.4. The van der Waals surface area contributed by atoms with Crippen molar-refractivity contribution in [2.24, 2.45) is 22.6 Å². The van der Waals surface area contributed by atoms with E-state index in [1.54, 1.807) is 42.5 Å². The fourth-order valence-corrected chi connectivity index (χ4v) is 4.33. The Morgan fingerprint density at radius 2 is 1.85 bits per heavy atom. The standard InChI is InChI=1S/C24H23F3N4O4.C4H8/c25-24(26,27)10-9-15(13-18(28)32)22(33)30-21-23(34)31-11-12-35-17-8-4-7-16(20(17)31)19(29-21)14-5-2-1-3-6-14;1-4-2-3-4/h1-8,15,21H,9-13H2,(H2,28,32)(H,30,33);4H,2-3H2,1H3. The number of primary amides is 1. The van der Waals surface area contributed by atoms with E-state index in [1.165, 1.54) is 17.7 Å². The number of para-hydroxylation sites is 1. The number of carbonyl (C=O) groups excluding carboxylic acids is 3. The molecule has 3 N–H and O–H groups in total. The molecule has 0 radical (unpaired) electrons. The number of aliphatic imine (C=N–C) groups is 1. The molecule has 2 aromatic rings. The summed E-state index contributed by atoms with van der Waals surface area (Å²) in [4.78, 5) is 43.9. The zero-order valence-electron chi connectivity index (χ0n) is 21.5. The molecule has 2 atom stereocenters. The van der Waals surface area contributed by atoms with Crippen LogP contribution in [0.15, 0.2) is 53.5 Å². The maximum absolute atomic E-state index is 13.5. The van der Waals surface area contributed by atoms with Crippen molar-refractivity contribution in [3.8, 4) is 5.75 Å². The van der Waals surface area contributed by atoms with Crippen LogP contribution < -0.4 is 20.7 Å². The van der Waals surface area contributed by atoms with E-state index >= 15 is 0 Å². The highest BCUT2D eigenvalue weighted by Gasteiger charge is 2.38. The van der Waals surface area contributed by atoms with Crippen molar-refractivity contribution in [2.45, 2.75) is 51.4 Å². The number of hydrogen-bond acceptors (Lipinski definition) is 5. The number of halogens is 3. The number of benzene rings is 2. The predicted octanol–water partition coefficient (Wildman–Crippen LogP) is 3.96. The molecule has 3 amide bonds. The summed E-state index contributed by atoms with van der Waals surface area (Å²) in [6, 6.07) is 14.3. The summed E-state index contributed by atoms with van der Waals surface area (Å²) in [7, 11) is 0. The molecule has 0 spiro atoms. The van der Waals surface area contributed by atoms with Crippen LogP contribution in [0.4, 0.5) is 18.9 Å². The maximum Gasteiger partial charge on any atom is 0.389 e. The molecule has 3 aliphatic rings. The van der Waals surface area contributed by atoms with Crippen LogP contribution in [0.1, 0.15) is 50.2 Å². The minimum absolute atomic E-state index is 0.200. The molecular formula is C28H31F3N4O4. The quantitative estimate of drug-likeness (QED) is 0.549. The van der Waals surface area contributed by atoms with Gasteiger partial charge in [-0.1, -0.05) is 62.2 Å². The normalized spacial score (nSPS) is 18.9. The first-order valence-corrected chi connectivity index (χ1v) is 12.9. The van der Waals surface area contributed by atoms with Crippen LogP contribution in [0.5, 0.6) is 5.75 Å². The summed E-state index contributed by atoms with van der Waals surface area (Å²) >= 11 is 0. The zero-order valence-corrected chi connectivity index (χ0v) is 21.5. The molecule has 8 nitrogen and oxygen atoms in total. The first-order chi connectivity index (χ1) is 18.5. The van der Waals surface area contributed by atoms with Crippen LogP contribution >= 0.6 is 0 Å². The van der Waals surface area contributed by atoms with Crippen molar-refractivity contribution >= 4 is 29.1 Å². The Kier molecular flexibility index (Phi) is 8.57. The van der Waals surface area contributed by atoms with Gasteiger partial charge in [0.2, 0.25) is 18.0 Å². The Hall–Kier alpha value is -3.89. The second-order valence-corrected chi connectivity index (χ2v) is 9.95. The summed E-state index contributed by atoms with van der Waals surface area (Å²) < 4.78 is 44.1. The lowest BCUT2D eigenvalue weighted by Gasteiger charge is -2.31. The fourth-order valence-electron chi connectivity index (χ4n) is 4.33. The number of amides is 3. The minimum Gasteiger partial charge on any atom is -0.490 e. The molecule has 2 aliphatic heterocycles. The third-order valence-corrected chi connectivity index (χ3v) is 6.64. The summed E-state index contributed by atoms with van der Waals surface area (Å²) in [5, 5.41) is 2.46. The summed E-state index contributed by atoms with van der Waals surface area (Å²) in [5.41, 5.74) is 7.37. The first-order valence-electron chi connectivity index (χ1n) is 12.9. The van der Waals surface area contributed by atoms with Gasteiger partial charge >= 0.3 is 6.18 Å². The third-order valence-electron chi connectivity index (χ3n) is 6.64. The Morgan fingerprint density at radius 3 is 2.46 bits per heavy atom. The number of hydrogen-bond donors (Lipinski definition) is 2. The fraction of sp³-hybridized carbons (Fsp3) is 0.429. The van der Waals surface area contributed by atoms with Gasteiger partial charge in [-0.3, -0.25) is 14.4 Å². The lowest BCUT2D eigenvalue weighted by Crippen LogP contribution is -2.51. The van der Waals surface area contributed by atoms with Gasteiger partial charge in [-0.2, -0.15) is 13.2 Å². The summed E-state index contributed by atoms with van der Waals surface area (Å²) in [6.07, 6.45) is -5.46. The molecule has 11 heteroatoms. The average molecular weight is 545 g/mol. The van der Waals surface area contributed by atoms with Gasteiger partial charge in [0.15, 0.2) is 0 Å². The first kappa shape index (κ1) is 28.1. The van der Waals surface area contributed by atoms with Gasteiger partial charge in [0, 0.05) is 29.9 Å². The Bertz CT molecular complexity index is 1250. The molecule has 1 fully saturated rings. The van der Waals surface area contributed by atoms with E-state index in [1.807, 2.05) is 6.07 Å². The van der Waals surface area contributed by atoms with E-state index in [0.29, 0.717) is 28.3 Å². The second-order valence-electron chi connectivity index (χ2n) is 9.95. The van der Waals surface area contributed by atoms with Crippen LogP contribution in [0.3, 0.4) is 0 Å². The molecule has 1 saturated carbocycles. The van der Waals surface area contributed by atoms with Crippen molar-refractivity contribution in [1.82, 2.24) is 5.32 Å².